The summed E-state index contributed by atoms with van der Waals surface area (Å²) in [6.45, 7) is 5.24. The maximum atomic E-state index is 13.7. The Hall–Kier alpha value is -3.90. The fourth-order valence-corrected chi connectivity index (χ4v) is 6.53. The van der Waals surface area contributed by atoms with Crippen molar-refractivity contribution in [2.75, 3.05) is 20.1 Å². The van der Waals surface area contributed by atoms with Crippen molar-refractivity contribution in [2.24, 2.45) is 10.9 Å². The molecular weight excluding hydrogens is 621 g/mol. The molecule has 1 aliphatic heterocycles. The number of hydrogen-bond donors (Lipinski definition) is 3. The van der Waals surface area contributed by atoms with Crippen LogP contribution in [0.3, 0.4) is 0 Å². The Kier molecular flexibility index (Phi) is 13.9. The fourth-order valence-electron chi connectivity index (χ4n) is 5.20. The minimum atomic E-state index is -0.708. The van der Waals surface area contributed by atoms with Gasteiger partial charge in [0.25, 0.3) is 0 Å². The lowest BCUT2D eigenvalue weighted by atomic mass is 9.95. The predicted molar refractivity (Wildman–Crippen MR) is 185 cm³/mol. The van der Waals surface area contributed by atoms with Gasteiger partial charge in [0, 0.05) is 37.1 Å². The molecule has 2 aromatic carbocycles. The van der Waals surface area contributed by atoms with Gasteiger partial charge in [-0.05, 0) is 42.7 Å². The topological polar surface area (TPSA) is 125 Å². The highest BCUT2D eigenvalue weighted by Gasteiger charge is 2.29. The average Bonchev–Trinajstić information content (AvgIpc) is 3.77. The van der Waals surface area contributed by atoms with Crippen LogP contribution < -0.4 is 16.0 Å². The number of urea groups is 1. The van der Waals surface area contributed by atoms with Crippen LogP contribution in [0.1, 0.15) is 42.7 Å². The van der Waals surface area contributed by atoms with Crippen molar-refractivity contribution in [1.82, 2.24) is 25.8 Å². The number of thiazole rings is 1. The van der Waals surface area contributed by atoms with Crippen LogP contribution >= 0.6 is 23.1 Å². The predicted octanol–water partition coefficient (Wildman–Crippen LogP) is 5.30. The maximum Gasteiger partial charge on any atom is 0.407 e. The lowest BCUT2D eigenvalue weighted by Gasteiger charge is -2.29. The summed E-state index contributed by atoms with van der Waals surface area (Å²) < 4.78 is 5.48. The van der Waals surface area contributed by atoms with Crippen molar-refractivity contribution in [3.8, 4) is 0 Å². The maximum absolute atomic E-state index is 13.7. The number of carbonyl (C=O) groups is 3. The minimum Gasteiger partial charge on any atom is -0.444 e. The van der Waals surface area contributed by atoms with E-state index < -0.39 is 12.1 Å². The number of alkyl carbamates (subject to hydrolysis) is 1. The van der Waals surface area contributed by atoms with Crippen LogP contribution in [0, 0.1) is 5.92 Å². The number of benzene rings is 2. The van der Waals surface area contributed by atoms with Crippen LogP contribution in [-0.4, -0.2) is 77.0 Å². The molecule has 0 radical (unpaired) electrons. The van der Waals surface area contributed by atoms with E-state index in [4.69, 9.17) is 4.74 Å². The summed E-state index contributed by atoms with van der Waals surface area (Å²) in [5.74, 6) is -0.354. The molecule has 0 saturated heterocycles. The monoisotopic (exact) mass is 664 g/mol. The van der Waals surface area contributed by atoms with Crippen molar-refractivity contribution in [3.63, 3.8) is 0 Å². The number of ether oxygens (including phenoxy) is 1. The van der Waals surface area contributed by atoms with Crippen molar-refractivity contribution >= 4 is 46.7 Å². The number of nitrogens with one attached hydrogen (secondary N) is 3. The van der Waals surface area contributed by atoms with Gasteiger partial charge in [0.05, 0.1) is 22.5 Å². The van der Waals surface area contributed by atoms with Gasteiger partial charge in [-0.1, -0.05) is 74.5 Å². The average molecular weight is 665 g/mol. The van der Waals surface area contributed by atoms with E-state index in [-0.39, 0.29) is 41.8 Å². The zero-order chi connectivity index (χ0) is 32.7. The number of hydrogen-bond acceptors (Lipinski definition) is 8. The molecule has 2 heterocycles. The molecule has 46 heavy (non-hydrogen) atoms. The third-order valence-corrected chi connectivity index (χ3v) is 9.41. The van der Waals surface area contributed by atoms with Gasteiger partial charge in [0.2, 0.25) is 5.91 Å². The lowest BCUT2D eigenvalue weighted by molar-refractivity contribution is -0.124. The molecule has 0 bridgehead atoms. The molecule has 0 saturated carbocycles. The minimum absolute atomic E-state index is 0.125. The summed E-state index contributed by atoms with van der Waals surface area (Å²) in [4.78, 5) is 50.4. The van der Waals surface area contributed by atoms with E-state index in [0.717, 1.165) is 16.0 Å². The largest absolute Gasteiger partial charge is 0.444 e. The van der Waals surface area contributed by atoms with Crippen LogP contribution in [0.25, 0.3) is 0 Å². The quantitative estimate of drug-likeness (QED) is 0.191. The normalized spacial score (nSPS) is 16.0. The van der Waals surface area contributed by atoms with E-state index in [1.165, 1.54) is 11.3 Å². The number of amides is 4. The first-order valence-corrected chi connectivity index (χ1v) is 17.4. The SMILES string of the molecule is CC(C)[C@H](NC(=O)N(C)CC1CN=CS1)C(=O)N[C@H](CC[C@H](Cc1ccccc1)NC(=O)OCc1cncs1)Cc1ccccc1. The van der Waals surface area contributed by atoms with E-state index >= 15 is 0 Å². The van der Waals surface area contributed by atoms with Gasteiger partial charge >= 0.3 is 12.1 Å². The standard InChI is InChI=1S/C34H44N6O4S2/c1-24(2)31(39-33(42)40(3)20-29-18-35-22-45-29)32(41)37-27(16-25-10-6-4-7-11-25)14-15-28(17-26-12-8-5-9-13-26)38-34(43)44-21-30-19-36-23-46-30/h4-13,19,22-24,27-29,31H,14-18,20-21H2,1-3H3,(H,37,41)(H,38,43)(H,39,42)/t27-,28-,29?,31+/m1/s1. The second-order valence-corrected chi connectivity index (χ2v) is 13.9. The third kappa shape index (κ3) is 11.8. The van der Waals surface area contributed by atoms with Gasteiger partial charge in [-0.25, -0.2) is 9.59 Å². The van der Waals surface area contributed by atoms with Crippen LogP contribution in [0.5, 0.6) is 0 Å². The molecule has 12 heteroatoms. The van der Waals surface area contributed by atoms with Gasteiger partial charge in [-0.3, -0.25) is 14.8 Å². The molecule has 1 unspecified atom stereocenters. The van der Waals surface area contributed by atoms with Crippen LogP contribution in [-0.2, 0) is 29.0 Å². The van der Waals surface area contributed by atoms with Crippen molar-refractivity contribution in [1.29, 1.82) is 0 Å². The van der Waals surface area contributed by atoms with E-state index in [1.807, 2.05) is 80.1 Å². The first kappa shape index (κ1) is 35.0. The lowest BCUT2D eigenvalue weighted by Crippen LogP contribution is -2.55. The molecule has 246 valence electrons. The molecule has 0 fully saturated rings. The zero-order valence-electron chi connectivity index (χ0n) is 26.6. The Bertz CT molecular complexity index is 1380. The van der Waals surface area contributed by atoms with E-state index in [2.05, 4.69) is 25.9 Å². The highest BCUT2D eigenvalue weighted by Crippen LogP contribution is 2.17. The van der Waals surface area contributed by atoms with Gasteiger partial charge < -0.3 is 25.6 Å². The fraction of sp³-hybridized carbons (Fsp3) is 0.441. The van der Waals surface area contributed by atoms with Crippen molar-refractivity contribution < 1.29 is 19.1 Å². The molecule has 3 aromatic rings. The molecular formula is C34H44N6O4S2. The molecule has 4 rings (SSSR count). The van der Waals surface area contributed by atoms with E-state index in [0.29, 0.717) is 38.8 Å². The molecule has 3 N–H and O–H groups in total. The van der Waals surface area contributed by atoms with Gasteiger partial charge in [0.15, 0.2) is 0 Å². The number of aliphatic imine (C=N–C) groups is 1. The summed E-state index contributed by atoms with van der Waals surface area (Å²) in [5, 5.41) is 9.46. The smallest absolute Gasteiger partial charge is 0.407 e. The third-order valence-electron chi connectivity index (χ3n) is 7.70. The number of carbonyl (C=O) groups excluding carboxylic acids is 3. The second kappa shape index (κ2) is 18.3. The Morgan fingerprint density at radius 2 is 1.57 bits per heavy atom. The second-order valence-electron chi connectivity index (χ2n) is 11.8. The molecule has 4 amide bonds. The van der Waals surface area contributed by atoms with Crippen LogP contribution in [0.4, 0.5) is 9.59 Å². The molecule has 0 aliphatic carbocycles. The Morgan fingerprint density at radius 3 is 2.11 bits per heavy atom. The summed E-state index contributed by atoms with van der Waals surface area (Å²) in [5.41, 5.74) is 5.70. The molecule has 4 atom stereocenters. The summed E-state index contributed by atoms with van der Waals surface area (Å²) in [6.07, 6.45) is 3.62. The summed E-state index contributed by atoms with van der Waals surface area (Å²) in [6, 6.07) is 18.5. The first-order valence-electron chi connectivity index (χ1n) is 15.6. The number of aromatic nitrogens is 1. The number of nitrogens with zero attached hydrogens (tertiary/aromatic N) is 3. The van der Waals surface area contributed by atoms with Crippen molar-refractivity contribution in [2.45, 2.75) is 69.5 Å². The molecule has 1 aromatic heterocycles. The Morgan fingerprint density at radius 1 is 0.935 bits per heavy atom. The van der Waals surface area contributed by atoms with Gasteiger partial charge in [0.1, 0.15) is 12.6 Å². The number of rotatable bonds is 16. The van der Waals surface area contributed by atoms with Crippen LogP contribution in [0.2, 0.25) is 0 Å². The first-order chi connectivity index (χ1) is 22.3. The Balaban J connectivity index is 1.42. The zero-order valence-corrected chi connectivity index (χ0v) is 28.3. The molecule has 1 aliphatic rings. The van der Waals surface area contributed by atoms with E-state index in [1.54, 1.807) is 35.4 Å². The highest BCUT2D eigenvalue weighted by atomic mass is 32.2. The Labute approximate surface area is 279 Å². The van der Waals surface area contributed by atoms with Gasteiger partial charge in [-0.2, -0.15) is 0 Å². The summed E-state index contributed by atoms with van der Waals surface area (Å²) >= 11 is 3.05. The van der Waals surface area contributed by atoms with Crippen molar-refractivity contribution in [3.05, 3.63) is 88.4 Å². The molecule has 0 spiro atoms. The molecule has 10 nitrogen and oxygen atoms in total. The van der Waals surface area contributed by atoms with E-state index in [9.17, 15) is 14.4 Å². The number of thioether (sulfide) groups is 1. The van der Waals surface area contributed by atoms with Gasteiger partial charge in [-0.15, -0.1) is 23.1 Å². The highest BCUT2D eigenvalue weighted by molar-refractivity contribution is 8.12. The van der Waals surface area contributed by atoms with Crippen LogP contribution in [0.15, 0.2) is 77.4 Å². The summed E-state index contributed by atoms with van der Waals surface area (Å²) in [7, 11) is 1.74.